The van der Waals surface area contributed by atoms with Crippen LogP contribution >= 0.6 is 0 Å². The monoisotopic (exact) mass is 204 g/mol. The van der Waals surface area contributed by atoms with Crippen LogP contribution in [0.15, 0.2) is 35.1 Å². The SMILES string of the molecule is Cc1ocnc1COc1cccc(N)c1. The molecule has 1 aromatic heterocycles. The van der Waals surface area contributed by atoms with Crippen LogP contribution in [0.4, 0.5) is 5.69 Å². The Hall–Kier alpha value is -1.97. The molecule has 0 aliphatic heterocycles. The standard InChI is InChI=1S/C11H12N2O2/c1-8-11(13-7-15-8)6-14-10-4-2-3-9(12)5-10/h2-5,7H,6,12H2,1H3. The molecule has 2 N–H and O–H groups in total. The molecule has 1 aromatic carbocycles. The lowest BCUT2D eigenvalue weighted by atomic mass is 10.3. The van der Waals surface area contributed by atoms with Gasteiger partial charge in [-0.1, -0.05) is 6.07 Å². The van der Waals surface area contributed by atoms with Crippen LogP contribution < -0.4 is 10.5 Å². The first-order valence-electron chi connectivity index (χ1n) is 4.63. The average Bonchev–Trinajstić information content (AvgIpc) is 2.61. The van der Waals surface area contributed by atoms with Gasteiger partial charge in [0.2, 0.25) is 0 Å². The first-order chi connectivity index (χ1) is 7.25. The number of aromatic nitrogens is 1. The molecule has 0 unspecified atom stereocenters. The van der Waals surface area contributed by atoms with Crippen LogP contribution in [0.5, 0.6) is 5.75 Å². The second-order valence-corrected chi connectivity index (χ2v) is 3.22. The molecule has 2 rings (SSSR count). The largest absolute Gasteiger partial charge is 0.487 e. The van der Waals surface area contributed by atoms with Gasteiger partial charge in [-0.15, -0.1) is 0 Å². The van der Waals surface area contributed by atoms with E-state index in [-0.39, 0.29) is 0 Å². The molecule has 78 valence electrons. The van der Waals surface area contributed by atoms with Gasteiger partial charge in [0.05, 0.1) is 0 Å². The van der Waals surface area contributed by atoms with Gasteiger partial charge < -0.3 is 14.9 Å². The highest BCUT2D eigenvalue weighted by Gasteiger charge is 2.03. The Kier molecular flexibility index (Phi) is 2.58. The van der Waals surface area contributed by atoms with E-state index in [9.17, 15) is 0 Å². The minimum atomic E-state index is 0.395. The topological polar surface area (TPSA) is 61.3 Å². The van der Waals surface area contributed by atoms with E-state index in [4.69, 9.17) is 14.9 Å². The number of hydrogen-bond acceptors (Lipinski definition) is 4. The van der Waals surface area contributed by atoms with E-state index in [1.165, 1.54) is 6.39 Å². The van der Waals surface area contributed by atoms with E-state index in [1.54, 1.807) is 6.07 Å². The predicted octanol–water partition coefficient (Wildman–Crippen LogP) is 2.14. The predicted molar refractivity (Wildman–Crippen MR) is 56.4 cm³/mol. The second kappa shape index (κ2) is 4.04. The van der Waals surface area contributed by atoms with Gasteiger partial charge in [-0.25, -0.2) is 4.98 Å². The third-order valence-electron chi connectivity index (χ3n) is 2.08. The molecule has 2 aromatic rings. The number of hydrogen-bond donors (Lipinski definition) is 1. The second-order valence-electron chi connectivity index (χ2n) is 3.22. The molecular formula is C11H12N2O2. The van der Waals surface area contributed by atoms with Crippen molar-refractivity contribution in [2.24, 2.45) is 0 Å². The van der Waals surface area contributed by atoms with E-state index in [0.29, 0.717) is 12.3 Å². The van der Waals surface area contributed by atoms with Crippen LogP contribution in [0.3, 0.4) is 0 Å². The zero-order chi connectivity index (χ0) is 10.7. The Morgan fingerprint density at radius 2 is 2.33 bits per heavy atom. The van der Waals surface area contributed by atoms with Crippen LogP contribution in [0, 0.1) is 6.92 Å². The minimum absolute atomic E-state index is 0.395. The molecule has 0 saturated heterocycles. The molecule has 0 saturated carbocycles. The van der Waals surface area contributed by atoms with E-state index in [2.05, 4.69) is 4.98 Å². The lowest BCUT2D eigenvalue weighted by Gasteiger charge is -2.04. The quantitative estimate of drug-likeness (QED) is 0.778. The molecule has 0 aliphatic carbocycles. The normalized spacial score (nSPS) is 10.2. The van der Waals surface area contributed by atoms with E-state index in [0.717, 1.165) is 17.2 Å². The lowest BCUT2D eigenvalue weighted by Crippen LogP contribution is -1.97. The van der Waals surface area contributed by atoms with Crippen molar-refractivity contribution in [3.63, 3.8) is 0 Å². The molecule has 1 heterocycles. The van der Waals surface area contributed by atoms with Gasteiger partial charge in [-0.05, 0) is 19.1 Å². The summed E-state index contributed by atoms with van der Waals surface area (Å²) in [5, 5.41) is 0. The van der Waals surface area contributed by atoms with Gasteiger partial charge in [0, 0.05) is 11.8 Å². The van der Waals surface area contributed by atoms with Crippen LogP contribution in [0.1, 0.15) is 11.5 Å². The van der Waals surface area contributed by atoms with Crippen LogP contribution in [-0.2, 0) is 6.61 Å². The summed E-state index contributed by atoms with van der Waals surface area (Å²) in [5.41, 5.74) is 7.11. The highest BCUT2D eigenvalue weighted by Crippen LogP contribution is 2.16. The summed E-state index contributed by atoms with van der Waals surface area (Å²) in [4.78, 5) is 4.03. The number of anilines is 1. The molecule has 0 amide bonds. The number of oxazole rings is 1. The van der Waals surface area contributed by atoms with Gasteiger partial charge >= 0.3 is 0 Å². The molecule has 4 heteroatoms. The molecule has 15 heavy (non-hydrogen) atoms. The number of ether oxygens (including phenoxy) is 1. The van der Waals surface area contributed by atoms with Crippen molar-refractivity contribution in [1.29, 1.82) is 0 Å². The van der Waals surface area contributed by atoms with Crippen molar-refractivity contribution in [3.8, 4) is 5.75 Å². The fourth-order valence-corrected chi connectivity index (χ4v) is 1.22. The first-order valence-corrected chi connectivity index (χ1v) is 4.63. The van der Waals surface area contributed by atoms with Crippen molar-refractivity contribution in [2.45, 2.75) is 13.5 Å². The van der Waals surface area contributed by atoms with E-state index < -0.39 is 0 Å². The lowest BCUT2D eigenvalue weighted by molar-refractivity contribution is 0.299. The Morgan fingerprint density at radius 3 is 3.00 bits per heavy atom. The molecule has 0 spiro atoms. The smallest absolute Gasteiger partial charge is 0.181 e. The molecule has 0 fully saturated rings. The molecule has 0 bridgehead atoms. The average molecular weight is 204 g/mol. The summed E-state index contributed by atoms with van der Waals surface area (Å²) < 4.78 is 10.6. The van der Waals surface area contributed by atoms with Crippen LogP contribution in [0.25, 0.3) is 0 Å². The zero-order valence-corrected chi connectivity index (χ0v) is 8.43. The number of nitrogens with zero attached hydrogens (tertiary/aromatic N) is 1. The highest BCUT2D eigenvalue weighted by molar-refractivity contribution is 5.43. The first kappa shape index (κ1) is 9.58. The van der Waals surface area contributed by atoms with Crippen molar-refractivity contribution < 1.29 is 9.15 Å². The number of rotatable bonds is 3. The number of nitrogens with two attached hydrogens (primary N) is 1. The van der Waals surface area contributed by atoms with Crippen molar-refractivity contribution in [1.82, 2.24) is 4.98 Å². The highest BCUT2D eigenvalue weighted by atomic mass is 16.5. The Morgan fingerprint density at radius 1 is 1.47 bits per heavy atom. The fourth-order valence-electron chi connectivity index (χ4n) is 1.22. The fraction of sp³-hybridized carbons (Fsp3) is 0.182. The van der Waals surface area contributed by atoms with Crippen molar-refractivity contribution >= 4 is 5.69 Å². The Bertz CT molecular complexity index is 451. The summed E-state index contributed by atoms with van der Waals surface area (Å²) in [6.45, 7) is 2.25. The maximum absolute atomic E-state index is 5.62. The molecule has 0 radical (unpaired) electrons. The molecule has 4 nitrogen and oxygen atoms in total. The summed E-state index contributed by atoms with van der Waals surface area (Å²) in [7, 11) is 0. The minimum Gasteiger partial charge on any atom is -0.487 e. The maximum Gasteiger partial charge on any atom is 0.181 e. The summed E-state index contributed by atoms with van der Waals surface area (Å²) in [5.74, 6) is 1.51. The number of aryl methyl sites for hydroxylation is 1. The van der Waals surface area contributed by atoms with Crippen molar-refractivity contribution in [3.05, 3.63) is 42.1 Å². The molecule has 0 atom stereocenters. The maximum atomic E-state index is 5.62. The van der Waals surface area contributed by atoms with E-state index >= 15 is 0 Å². The number of benzene rings is 1. The van der Waals surface area contributed by atoms with Crippen molar-refractivity contribution in [2.75, 3.05) is 5.73 Å². The summed E-state index contributed by atoms with van der Waals surface area (Å²) >= 11 is 0. The van der Waals surface area contributed by atoms with E-state index in [1.807, 2.05) is 25.1 Å². The Balaban J connectivity index is 2.02. The van der Waals surface area contributed by atoms with Gasteiger partial charge in [0.25, 0.3) is 0 Å². The van der Waals surface area contributed by atoms with Crippen LogP contribution in [0.2, 0.25) is 0 Å². The number of nitrogen functional groups attached to an aromatic ring is 1. The Labute approximate surface area is 87.7 Å². The zero-order valence-electron chi connectivity index (χ0n) is 8.43. The summed E-state index contributed by atoms with van der Waals surface area (Å²) in [6.07, 6.45) is 1.41. The van der Waals surface area contributed by atoms with Gasteiger partial charge in [0.15, 0.2) is 6.39 Å². The molecule has 0 aliphatic rings. The third kappa shape index (κ3) is 2.28. The van der Waals surface area contributed by atoms with Gasteiger partial charge in [0.1, 0.15) is 23.8 Å². The van der Waals surface area contributed by atoms with Crippen LogP contribution in [-0.4, -0.2) is 4.98 Å². The molecular weight excluding hydrogens is 192 g/mol. The van der Waals surface area contributed by atoms with Gasteiger partial charge in [-0.3, -0.25) is 0 Å². The summed E-state index contributed by atoms with van der Waals surface area (Å²) in [6, 6.07) is 7.29. The third-order valence-corrected chi connectivity index (χ3v) is 2.08. The van der Waals surface area contributed by atoms with Gasteiger partial charge in [-0.2, -0.15) is 0 Å².